The monoisotopic (exact) mass is 309 g/mol. The normalized spacial score (nSPS) is 12.2. The van der Waals surface area contributed by atoms with Crippen LogP contribution in [0.2, 0.25) is 5.02 Å². The summed E-state index contributed by atoms with van der Waals surface area (Å²) >= 11 is 6.30. The first-order chi connectivity index (χ1) is 10.1. The molecule has 5 nitrogen and oxygen atoms in total. The molecule has 1 heterocycles. The number of aromatic nitrogens is 2. The van der Waals surface area contributed by atoms with Crippen LogP contribution in [0, 0.1) is 0 Å². The van der Waals surface area contributed by atoms with Gasteiger partial charge in [0.25, 0.3) is 0 Å². The van der Waals surface area contributed by atoms with Gasteiger partial charge < -0.3 is 14.8 Å². The Kier molecular flexibility index (Phi) is 5.09. The van der Waals surface area contributed by atoms with E-state index in [1.54, 1.807) is 20.4 Å². The maximum absolute atomic E-state index is 6.30. The second-order valence-electron chi connectivity index (χ2n) is 4.61. The molecule has 0 bridgehead atoms. The highest BCUT2D eigenvalue weighted by molar-refractivity contribution is 6.32. The van der Waals surface area contributed by atoms with Crippen molar-refractivity contribution in [1.82, 2.24) is 15.1 Å². The molecule has 1 aromatic heterocycles. The number of hydrogen-bond donors (Lipinski definition) is 1. The Hall–Kier alpha value is -1.72. The highest BCUT2D eigenvalue weighted by Crippen LogP contribution is 2.38. The van der Waals surface area contributed by atoms with Gasteiger partial charge in [-0.05, 0) is 30.3 Å². The molecular formula is C15H20ClN3O2. The van der Waals surface area contributed by atoms with Gasteiger partial charge in [0.05, 0.1) is 31.0 Å². The molecule has 1 unspecified atom stereocenters. The van der Waals surface area contributed by atoms with E-state index in [2.05, 4.69) is 17.3 Å². The molecule has 0 spiro atoms. The van der Waals surface area contributed by atoms with Gasteiger partial charge in [-0.3, -0.25) is 4.68 Å². The highest BCUT2D eigenvalue weighted by atomic mass is 35.5. The molecule has 0 radical (unpaired) electrons. The van der Waals surface area contributed by atoms with Gasteiger partial charge >= 0.3 is 0 Å². The highest BCUT2D eigenvalue weighted by Gasteiger charge is 2.20. The molecule has 0 saturated carbocycles. The SMILES string of the molecule is CCNC(c1cc(Cl)c(OC)c(OC)c1)c1ccnn1C. The summed E-state index contributed by atoms with van der Waals surface area (Å²) in [7, 11) is 5.10. The van der Waals surface area contributed by atoms with Crippen LogP contribution in [-0.2, 0) is 7.05 Å². The predicted molar refractivity (Wildman–Crippen MR) is 83.3 cm³/mol. The van der Waals surface area contributed by atoms with E-state index in [1.807, 2.05) is 29.9 Å². The van der Waals surface area contributed by atoms with E-state index in [0.717, 1.165) is 17.8 Å². The lowest BCUT2D eigenvalue weighted by Gasteiger charge is -2.21. The average Bonchev–Trinajstić information content (AvgIpc) is 2.89. The van der Waals surface area contributed by atoms with Crippen molar-refractivity contribution in [2.24, 2.45) is 7.05 Å². The minimum Gasteiger partial charge on any atom is -0.493 e. The van der Waals surface area contributed by atoms with Crippen LogP contribution in [0.5, 0.6) is 11.5 Å². The number of nitrogens with one attached hydrogen (secondary N) is 1. The van der Waals surface area contributed by atoms with E-state index >= 15 is 0 Å². The molecule has 2 aromatic rings. The van der Waals surface area contributed by atoms with Gasteiger partial charge in [-0.1, -0.05) is 18.5 Å². The maximum atomic E-state index is 6.30. The van der Waals surface area contributed by atoms with Gasteiger partial charge in [-0.2, -0.15) is 5.10 Å². The second-order valence-corrected chi connectivity index (χ2v) is 5.02. The van der Waals surface area contributed by atoms with Crippen LogP contribution in [0.25, 0.3) is 0 Å². The van der Waals surface area contributed by atoms with E-state index in [0.29, 0.717) is 16.5 Å². The Morgan fingerprint density at radius 2 is 2.10 bits per heavy atom. The summed E-state index contributed by atoms with van der Waals surface area (Å²) in [6.45, 7) is 2.88. The topological polar surface area (TPSA) is 48.3 Å². The smallest absolute Gasteiger partial charge is 0.179 e. The minimum absolute atomic E-state index is 0.0141. The average molecular weight is 310 g/mol. The zero-order valence-electron chi connectivity index (χ0n) is 12.7. The van der Waals surface area contributed by atoms with E-state index in [9.17, 15) is 0 Å². The number of nitrogens with zero attached hydrogens (tertiary/aromatic N) is 2. The fourth-order valence-corrected chi connectivity index (χ4v) is 2.67. The third-order valence-corrected chi connectivity index (χ3v) is 3.63. The van der Waals surface area contributed by atoms with Crippen LogP contribution in [-0.4, -0.2) is 30.5 Å². The van der Waals surface area contributed by atoms with Crippen molar-refractivity contribution in [2.75, 3.05) is 20.8 Å². The zero-order chi connectivity index (χ0) is 15.4. The molecule has 21 heavy (non-hydrogen) atoms. The molecule has 0 aliphatic carbocycles. The molecule has 6 heteroatoms. The summed E-state index contributed by atoms with van der Waals surface area (Å²) in [5.41, 5.74) is 2.06. The Bertz CT molecular complexity index is 613. The molecule has 1 atom stereocenters. The molecule has 1 N–H and O–H groups in total. The molecule has 114 valence electrons. The Morgan fingerprint density at radius 3 is 2.62 bits per heavy atom. The van der Waals surface area contributed by atoms with Crippen molar-refractivity contribution in [1.29, 1.82) is 0 Å². The van der Waals surface area contributed by atoms with Gasteiger partial charge in [-0.15, -0.1) is 0 Å². The summed E-state index contributed by atoms with van der Waals surface area (Å²) in [6, 6.07) is 5.80. The van der Waals surface area contributed by atoms with Crippen LogP contribution in [0.15, 0.2) is 24.4 Å². The lowest BCUT2D eigenvalue weighted by molar-refractivity contribution is 0.354. The molecule has 1 aromatic carbocycles. The minimum atomic E-state index is -0.0141. The lowest BCUT2D eigenvalue weighted by Crippen LogP contribution is -2.24. The van der Waals surface area contributed by atoms with Crippen molar-refractivity contribution in [3.05, 3.63) is 40.7 Å². The van der Waals surface area contributed by atoms with Gasteiger partial charge in [0.2, 0.25) is 0 Å². The van der Waals surface area contributed by atoms with E-state index in [-0.39, 0.29) is 6.04 Å². The van der Waals surface area contributed by atoms with Crippen molar-refractivity contribution >= 4 is 11.6 Å². The molecule has 0 amide bonds. The fraction of sp³-hybridized carbons (Fsp3) is 0.400. The number of hydrogen-bond acceptors (Lipinski definition) is 4. The Labute approximate surface area is 129 Å². The largest absolute Gasteiger partial charge is 0.493 e. The second kappa shape index (κ2) is 6.83. The van der Waals surface area contributed by atoms with Gasteiger partial charge in [0, 0.05) is 13.2 Å². The number of ether oxygens (including phenoxy) is 2. The summed E-state index contributed by atoms with van der Waals surface area (Å²) in [6.07, 6.45) is 1.78. The molecule has 2 rings (SSSR count). The molecular weight excluding hydrogens is 290 g/mol. The van der Waals surface area contributed by atoms with Crippen LogP contribution >= 0.6 is 11.6 Å². The Balaban J connectivity index is 2.51. The quantitative estimate of drug-likeness (QED) is 0.891. The van der Waals surface area contributed by atoms with Crippen LogP contribution < -0.4 is 14.8 Å². The number of benzene rings is 1. The molecule has 0 fully saturated rings. The summed E-state index contributed by atoms with van der Waals surface area (Å²) in [4.78, 5) is 0. The van der Waals surface area contributed by atoms with Crippen LogP contribution in [0.3, 0.4) is 0 Å². The third kappa shape index (κ3) is 3.14. The number of halogens is 1. The third-order valence-electron chi connectivity index (χ3n) is 3.35. The molecule has 0 aliphatic heterocycles. The summed E-state index contributed by atoms with van der Waals surface area (Å²) in [5.74, 6) is 1.16. The van der Waals surface area contributed by atoms with Crippen molar-refractivity contribution in [3.8, 4) is 11.5 Å². The first kappa shape index (κ1) is 15.7. The summed E-state index contributed by atoms with van der Waals surface area (Å²) in [5, 5.41) is 8.20. The van der Waals surface area contributed by atoms with Crippen molar-refractivity contribution in [2.45, 2.75) is 13.0 Å². The number of aryl methyl sites for hydroxylation is 1. The fourth-order valence-electron chi connectivity index (χ4n) is 2.37. The standard InChI is InChI=1S/C15H20ClN3O2/c1-5-17-14(12-6-7-18-19(12)2)10-8-11(16)15(21-4)13(9-10)20-3/h6-9,14,17H,5H2,1-4H3. The van der Waals surface area contributed by atoms with Crippen molar-refractivity contribution in [3.63, 3.8) is 0 Å². The van der Waals surface area contributed by atoms with Gasteiger partial charge in [0.1, 0.15) is 0 Å². The number of rotatable bonds is 6. The first-order valence-electron chi connectivity index (χ1n) is 6.75. The van der Waals surface area contributed by atoms with Gasteiger partial charge in [-0.25, -0.2) is 0 Å². The lowest BCUT2D eigenvalue weighted by atomic mass is 10.0. The van der Waals surface area contributed by atoms with E-state index < -0.39 is 0 Å². The Morgan fingerprint density at radius 1 is 1.33 bits per heavy atom. The van der Waals surface area contributed by atoms with Crippen LogP contribution in [0.4, 0.5) is 0 Å². The van der Waals surface area contributed by atoms with E-state index in [4.69, 9.17) is 21.1 Å². The van der Waals surface area contributed by atoms with Gasteiger partial charge in [0.15, 0.2) is 11.5 Å². The van der Waals surface area contributed by atoms with E-state index in [1.165, 1.54) is 0 Å². The first-order valence-corrected chi connectivity index (χ1v) is 7.12. The number of methoxy groups -OCH3 is 2. The maximum Gasteiger partial charge on any atom is 0.179 e. The molecule has 0 aliphatic rings. The zero-order valence-corrected chi connectivity index (χ0v) is 13.4. The predicted octanol–water partition coefficient (Wildman–Crippen LogP) is 2.79. The summed E-state index contributed by atoms with van der Waals surface area (Å²) < 4.78 is 12.5. The molecule has 0 saturated heterocycles. The van der Waals surface area contributed by atoms with Crippen LogP contribution in [0.1, 0.15) is 24.2 Å². The van der Waals surface area contributed by atoms with Crippen molar-refractivity contribution < 1.29 is 9.47 Å².